The van der Waals surface area contributed by atoms with E-state index in [1.54, 1.807) is 7.05 Å². The van der Waals surface area contributed by atoms with Gasteiger partial charge in [-0.25, -0.2) is 4.98 Å². The van der Waals surface area contributed by atoms with E-state index in [-0.39, 0.29) is 11.6 Å². The molecule has 1 aromatic carbocycles. The Kier molecular flexibility index (Phi) is 5.14. The van der Waals surface area contributed by atoms with Crippen LogP contribution in [0.15, 0.2) is 40.1 Å². The van der Waals surface area contributed by atoms with Crippen LogP contribution >= 0.6 is 0 Å². The summed E-state index contributed by atoms with van der Waals surface area (Å²) in [5.41, 5.74) is 2.39. The molecule has 128 valence electrons. The molecule has 0 amide bonds. The number of aromatic nitrogens is 2. The molecule has 4 nitrogen and oxygen atoms in total. The van der Waals surface area contributed by atoms with E-state index in [0.717, 1.165) is 48.3 Å². The van der Waals surface area contributed by atoms with Crippen LogP contribution in [0.25, 0.3) is 10.9 Å². The molecule has 25 heavy (non-hydrogen) atoms. The summed E-state index contributed by atoms with van der Waals surface area (Å²) < 4.78 is 1.86. The molecule has 1 aromatic heterocycles. The number of aryl methyl sites for hydroxylation is 1. The Balaban J connectivity index is 2.03. The van der Waals surface area contributed by atoms with Crippen LogP contribution in [0.5, 0.6) is 0 Å². The number of hydrogen-bond donors (Lipinski definition) is 0. The van der Waals surface area contributed by atoms with E-state index in [2.05, 4.69) is 30.7 Å². The van der Waals surface area contributed by atoms with Crippen LogP contribution in [0.2, 0.25) is 0 Å². The summed E-state index contributed by atoms with van der Waals surface area (Å²) in [4.78, 5) is 21.7. The lowest BCUT2D eigenvalue weighted by molar-refractivity contribution is 0.409. The van der Waals surface area contributed by atoms with Gasteiger partial charge in [0.1, 0.15) is 11.5 Å². The summed E-state index contributed by atoms with van der Waals surface area (Å²) in [6, 6.07) is 5.85. The van der Waals surface area contributed by atoms with Gasteiger partial charge in [-0.1, -0.05) is 18.9 Å². The average Bonchev–Trinajstić information content (AvgIpc) is 2.62. The van der Waals surface area contributed by atoms with Crippen LogP contribution in [0.4, 0.5) is 0 Å². The molecule has 1 unspecified atom stereocenters. The van der Waals surface area contributed by atoms with Crippen LogP contribution in [0.3, 0.4) is 0 Å². The molecule has 0 aliphatic carbocycles. The van der Waals surface area contributed by atoms with E-state index < -0.39 is 0 Å². The molecule has 4 heteroatoms. The lowest BCUT2D eigenvalue weighted by Crippen LogP contribution is -2.31. The highest BCUT2D eigenvalue weighted by atomic mass is 16.1. The van der Waals surface area contributed by atoms with Gasteiger partial charge in [0.2, 0.25) is 0 Å². The van der Waals surface area contributed by atoms with Crippen molar-refractivity contribution >= 4 is 16.6 Å². The Morgan fingerprint density at radius 3 is 3.08 bits per heavy atom. The highest BCUT2D eigenvalue weighted by Crippen LogP contribution is 2.23. The third-order valence-corrected chi connectivity index (χ3v) is 4.52. The largest absolute Gasteiger partial charge is 0.293 e. The topological polar surface area (TPSA) is 47.2 Å². The summed E-state index contributed by atoms with van der Waals surface area (Å²) in [7, 11) is 1.74. The molecule has 0 radical (unpaired) electrons. The molecule has 1 aliphatic heterocycles. The maximum atomic E-state index is 12.8. The molecule has 0 N–H and O–H groups in total. The summed E-state index contributed by atoms with van der Waals surface area (Å²) in [6.07, 6.45) is 7.89. The Bertz CT molecular complexity index is 970. The quantitative estimate of drug-likeness (QED) is 0.622. The number of aliphatic imine (C=N–C) groups is 1. The van der Waals surface area contributed by atoms with Gasteiger partial charge in [-0.3, -0.25) is 14.4 Å². The number of rotatable bonds is 2. The van der Waals surface area contributed by atoms with E-state index in [1.165, 1.54) is 0 Å². The van der Waals surface area contributed by atoms with Crippen molar-refractivity contribution in [2.75, 3.05) is 7.05 Å². The monoisotopic (exact) mass is 333 g/mol. The third-order valence-electron chi connectivity index (χ3n) is 4.52. The van der Waals surface area contributed by atoms with Crippen molar-refractivity contribution in [3.8, 4) is 11.8 Å². The molecular weight excluding hydrogens is 310 g/mol. The van der Waals surface area contributed by atoms with E-state index in [9.17, 15) is 4.79 Å². The van der Waals surface area contributed by atoms with Gasteiger partial charge in [-0.2, -0.15) is 0 Å². The molecule has 0 bridgehead atoms. The van der Waals surface area contributed by atoms with Crippen LogP contribution in [-0.2, 0) is 6.42 Å². The number of benzene rings is 1. The first-order valence-electron chi connectivity index (χ1n) is 8.84. The van der Waals surface area contributed by atoms with Crippen molar-refractivity contribution in [1.29, 1.82) is 0 Å². The number of nitrogens with zero attached hydrogens (tertiary/aromatic N) is 3. The predicted octanol–water partition coefficient (Wildman–Crippen LogP) is 3.68. The van der Waals surface area contributed by atoms with Gasteiger partial charge in [-0.05, 0) is 56.4 Å². The van der Waals surface area contributed by atoms with Gasteiger partial charge in [0.05, 0.1) is 10.9 Å². The molecule has 2 heterocycles. The minimum atomic E-state index is 0.0633. The Labute approximate surface area is 148 Å². The van der Waals surface area contributed by atoms with Gasteiger partial charge in [0.15, 0.2) is 0 Å². The molecule has 2 aromatic rings. The summed E-state index contributed by atoms with van der Waals surface area (Å²) in [5.74, 6) is 7.09. The molecule has 0 spiro atoms. The Morgan fingerprint density at radius 1 is 1.48 bits per heavy atom. The van der Waals surface area contributed by atoms with Gasteiger partial charge in [0.25, 0.3) is 5.56 Å². The summed E-state index contributed by atoms with van der Waals surface area (Å²) >= 11 is 0. The molecule has 0 saturated heterocycles. The van der Waals surface area contributed by atoms with Crippen molar-refractivity contribution in [2.45, 2.75) is 45.6 Å². The van der Waals surface area contributed by atoms with E-state index in [0.29, 0.717) is 5.39 Å². The first-order chi connectivity index (χ1) is 12.1. The minimum absolute atomic E-state index is 0.0633. The van der Waals surface area contributed by atoms with Gasteiger partial charge < -0.3 is 0 Å². The first-order valence-corrected chi connectivity index (χ1v) is 8.84. The van der Waals surface area contributed by atoms with Crippen molar-refractivity contribution < 1.29 is 0 Å². The molecule has 1 atom stereocenters. The fourth-order valence-corrected chi connectivity index (χ4v) is 3.18. The first kappa shape index (κ1) is 17.2. The number of fused-ring (bicyclic) bond motifs is 2. The zero-order valence-electron chi connectivity index (χ0n) is 15.0. The smallest absolute Gasteiger partial charge is 0.261 e. The molecular formula is C21H23N3O. The summed E-state index contributed by atoms with van der Waals surface area (Å²) in [6.45, 7) is 4.17. The Morgan fingerprint density at radius 2 is 2.32 bits per heavy atom. The second-order valence-corrected chi connectivity index (χ2v) is 6.35. The minimum Gasteiger partial charge on any atom is -0.293 e. The fourth-order valence-electron chi connectivity index (χ4n) is 3.18. The van der Waals surface area contributed by atoms with Crippen LogP contribution in [0, 0.1) is 11.8 Å². The maximum absolute atomic E-state index is 12.8. The SMILES string of the molecule is CC/C=C\C(C#Cc1ccc2c(=O)n3c(nc2c1)CCCC3C)=NC. The van der Waals surface area contributed by atoms with E-state index >= 15 is 0 Å². The highest BCUT2D eigenvalue weighted by molar-refractivity contribution is 6.09. The van der Waals surface area contributed by atoms with Crippen LogP contribution < -0.4 is 5.56 Å². The van der Waals surface area contributed by atoms with Crippen LogP contribution in [-0.4, -0.2) is 22.3 Å². The van der Waals surface area contributed by atoms with Crippen molar-refractivity contribution in [3.05, 3.63) is 52.1 Å². The number of hydrogen-bond acceptors (Lipinski definition) is 3. The zero-order valence-corrected chi connectivity index (χ0v) is 15.0. The van der Waals surface area contributed by atoms with Crippen LogP contribution in [0.1, 0.15) is 50.5 Å². The van der Waals surface area contributed by atoms with Gasteiger partial charge in [0, 0.05) is 25.1 Å². The van der Waals surface area contributed by atoms with Gasteiger partial charge >= 0.3 is 0 Å². The third kappa shape index (κ3) is 3.56. The normalized spacial score (nSPS) is 17.4. The molecule has 3 rings (SSSR count). The highest BCUT2D eigenvalue weighted by Gasteiger charge is 2.19. The molecule has 0 fully saturated rings. The van der Waals surface area contributed by atoms with Crippen molar-refractivity contribution in [1.82, 2.24) is 9.55 Å². The van der Waals surface area contributed by atoms with Crippen molar-refractivity contribution in [3.63, 3.8) is 0 Å². The zero-order chi connectivity index (χ0) is 17.8. The lowest BCUT2D eigenvalue weighted by atomic mass is 10.0. The van der Waals surface area contributed by atoms with Crippen molar-refractivity contribution in [2.24, 2.45) is 4.99 Å². The maximum Gasteiger partial charge on any atom is 0.261 e. The second-order valence-electron chi connectivity index (χ2n) is 6.35. The fraction of sp³-hybridized carbons (Fsp3) is 0.381. The molecule has 1 aliphatic rings. The predicted molar refractivity (Wildman–Crippen MR) is 103 cm³/mol. The number of allylic oxidation sites excluding steroid dienone is 2. The second kappa shape index (κ2) is 7.48. The van der Waals surface area contributed by atoms with E-state index in [1.807, 2.05) is 34.9 Å². The standard InChI is InChI=1S/C21H23N3O/c1-4-5-8-17(22-3)12-10-16-11-13-18-19(14-16)23-20-9-6-7-15(2)24(20)21(18)25/h5,8,11,13-15H,4,6-7,9H2,1-3H3/b8-5-,22-17?. The summed E-state index contributed by atoms with van der Waals surface area (Å²) in [5, 5.41) is 0.665. The molecule has 0 saturated carbocycles. The van der Waals surface area contributed by atoms with E-state index in [4.69, 9.17) is 4.98 Å². The van der Waals surface area contributed by atoms with Gasteiger partial charge in [-0.15, -0.1) is 0 Å². The lowest BCUT2D eigenvalue weighted by Gasteiger charge is -2.24. The Hall–Kier alpha value is -2.67. The average molecular weight is 333 g/mol.